The smallest absolute Gasteiger partial charge is 0.219 e. The minimum atomic E-state index is -4.01. The lowest BCUT2D eigenvalue weighted by atomic mass is 10.2. The number of thioether (sulfide) groups is 1. The summed E-state index contributed by atoms with van der Waals surface area (Å²) in [5.41, 5.74) is -1.10. The van der Waals surface area contributed by atoms with Crippen molar-refractivity contribution in [3.63, 3.8) is 0 Å². The molecule has 0 aliphatic carbocycles. The van der Waals surface area contributed by atoms with Crippen molar-refractivity contribution in [2.45, 2.75) is 22.6 Å². The molecule has 0 fully saturated rings. The van der Waals surface area contributed by atoms with E-state index in [1.165, 1.54) is 19.2 Å². The van der Waals surface area contributed by atoms with Gasteiger partial charge < -0.3 is 9.47 Å². The first-order valence-electron chi connectivity index (χ1n) is 5.97. The summed E-state index contributed by atoms with van der Waals surface area (Å²) in [6.45, 7) is 1.82. The van der Waals surface area contributed by atoms with Crippen LogP contribution in [0.25, 0.3) is 0 Å². The Bertz CT molecular complexity index is 502. The quantitative estimate of drug-likeness (QED) is 0.543. The Morgan fingerprint density at radius 2 is 1.90 bits per heavy atom. The van der Waals surface area contributed by atoms with Gasteiger partial charge in [0, 0.05) is 7.11 Å². The van der Waals surface area contributed by atoms with Crippen LogP contribution in [-0.4, -0.2) is 45.9 Å². The molecule has 1 aromatic rings. The maximum atomic E-state index is 14.3. The summed E-state index contributed by atoms with van der Waals surface area (Å²) in [6, 6.07) is 6.14. The van der Waals surface area contributed by atoms with E-state index in [1.54, 1.807) is 18.4 Å². The zero-order valence-corrected chi connectivity index (χ0v) is 13.3. The number of sulfone groups is 1. The fourth-order valence-electron chi connectivity index (χ4n) is 1.56. The minimum absolute atomic E-state index is 0.00829. The Morgan fingerprint density at radius 3 is 2.40 bits per heavy atom. The van der Waals surface area contributed by atoms with Crippen LogP contribution in [0, 0.1) is 6.92 Å². The predicted molar refractivity (Wildman–Crippen MR) is 78.4 cm³/mol. The number of hydrogen-bond acceptors (Lipinski definition) is 5. The van der Waals surface area contributed by atoms with E-state index in [-0.39, 0.29) is 18.3 Å². The SMILES string of the molecule is COCOCC(SC)C(F)S(=O)(=O)c1ccc(C)cc1. The molecule has 2 unspecified atom stereocenters. The second-order valence-electron chi connectivity index (χ2n) is 4.26. The summed E-state index contributed by atoms with van der Waals surface area (Å²) < 4.78 is 48.5. The van der Waals surface area contributed by atoms with Crippen LogP contribution in [-0.2, 0) is 19.3 Å². The van der Waals surface area contributed by atoms with Crippen LogP contribution >= 0.6 is 11.8 Å². The zero-order chi connectivity index (χ0) is 15.2. The highest BCUT2D eigenvalue weighted by molar-refractivity contribution is 8.00. The van der Waals surface area contributed by atoms with E-state index in [0.29, 0.717) is 0 Å². The van der Waals surface area contributed by atoms with Crippen LogP contribution in [0.1, 0.15) is 5.56 Å². The molecule has 0 saturated heterocycles. The summed E-state index contributed by atoms with van der Waals surface area (Å²) in [5, 5.41) is -0.795. The molecule has 0 aliphatic heterocycles. The van der Waals surface area contributed by atoms with Crippen LogP contribution in [0.15, 0.2) is 29.2 Å². The molecule has 0 saturated carbocycles. The lowest BCUT2D eigenvalue weighted by Gasteiger charge is -2.19. The van der Waals surface area contributed by atoms with Crippen molar-refractivity contribution < 1.29 is 22.3 Å². The van der Waals surface area contributed by atoms with E-state index in [2.05, 4.69) is 0 Å². The summed E-state index contributed by atoms with van der Waals surface area (Å²) in [5.74, 6) is 0. The van der Waals surface area contributed by atoms with Gasteiger partial charge >= 0.3 is 0 Å². The number of hydrogen-bond donors (Lipinski definition) is 0. The summed E-state index contributed by atoms with van der Waals surface area (Å²) in [4.78, 5) is -0.0126. The molecule has 1 rings (SSSR count). The monoisotopic (exact) mass is 322 g/mol. The molecule has 7 heteroatoms. The molecule has 114 valence electrons. The number of methoxy groups -OCH3 is 1. The van der Waals surface area contributed by atoms with Crippen molar-refractivity contribution in [3.05, 3.63) is 29.8 Å². The van der Waals surface area contributed by atoms with E-state index in [1.807, 2.05) is 6.92 Å². The number of ether oxygens (including phenoxy) is 2. The Labute approximate surface area is 123 Å². The third-order valence-corrected chi connectivity index (χ3v) is 5.73. The van der Waals surface area contributed by atoms with Crippen LogP contribution < -0.4 is 0 Å². The van der Waals surface area contributed by atoms with E-state index in [9.17, 15) is 12.8 Å². The minimum Gasteiger partial charge on any atom is -0.359 e. The third kappa shape index (κ3) is 4.44. The first-order chi connectivity index (χ1) is 9.43. The molecule has 1 aromatic carbocycles. The number of benzene rings is 1. The van der Waals surface area contributed by atoms with Crippen molar-refractivity contribution in [1.29, 1.82) is 0 Å². The normalized spacial score (nSPS) is 15.0. The molecule has 0 bridgehead atoms. The third-order valence-electron chi connectivity index (χ3n) is 2.72. The molecular formula is C13H19FO4S2. The summed E-state index contributed by atoms with van der Waals surface area (Å²) >= 11 is 1.12. The Morgan fingerprint density at radius 1 is 1.30 bits per heavy atom. The van der Waals surface area contributed by atoms with Crippen LogP contribution in [0.3, 0.4) is 0 Å². The zero-order valence-electron chi connectivity index (χ0n) is 11.7. The summed E-state index contributed by atoms with van der Waals surface area (Å²) in [6.07, 6.45) is 1.65. The van der Waals surface area contributed by atoms with Crippen LogP contribution in [0.4, 0.5) is 4.39 Å². The van der Waals surface area contributed by atoms with E-state index < -0.39 is 20.6 Å². The molecule has 0 aromatic heterocycles. The molecule has 20 heavy (non-hydrogen) atoms. The number of alkyl halides is 1. The molecule has 0 heterocycles. The molecule has 2 atom stereocenters. The van der Waals surface area contributed by atoms with Gasteiger partial charge in [-0.1, -0.05) is 17.7 Å². The number of halogens is 1. The van der Waals surface area contributed by atoms with E-state index >= 15 is 0 Å². The van der Waals surface area contributed by atoms with Crippen LogP contribution in [0.2, 0.25) is 0 Å². The molecule has 4 nitrogen and oxygen atoms in total. The first-order valence-corrected chi connectivity index (χ1v) is 8.81. The van der Waals surface area contributed by atoms with Gasteiger partial charge in [0.05, 0.1) is 16.8 Å². The second-order valence-corrected chi connectivity index (χ2v) is 7.35. The molecule has 0 spiro atoms. The van der Waals surface area contributed by atoms with Gasteiger partial charge in [0.25, 0.3) is 0 Å². The molecule has 0 radical (unpaired) electrons. The van der Waals surface area contributed by atoms with Gasteiger partial charge in [-0.25, -0.2) is 12.8 Å². The highest BCUT2D eigenvalue weighted by atomic mass is 32.2. The van der Waals surface area contributed by atoms with Gasteiger partial charge in [0.2, 0.25) is 15.3 Å². The van der Waals surface area contributed by atoms with Crippen molar-refractivity contribution in [1.82, 2.24) is 0 Å². The average molecular weight is 322 g/mol. The predicted octanol–water partition coefficient (Wildman–Crippen LogP) is 2.42. The molecule has 0 aliphatic rings. The topological polar surface area (TPSA) is 52.6 Å². The van der Waals surface area contributed by atoms with Crippen molar-refractivity contribution >= 4 is 21.6 Å². The van der Waals surface area contributed by atoms with Gasteiger partial charge in [-0.15, -0.1) is 0 Å². The standard InChI is InChI=1S/C13H19FO4S2/c1-10-4-6-11(7-5-10)20(15,16)13(14)12(19-3)8-18-9-17-2/h4-7,12-13H,8-9H2,1-3H3. The average Bonchev–Trinajstić information content (AvgIpc) is 2.43. The number of aryl methyl sites for hydroxylation is 1. The Kier molecular flexibility index (Phi) is 6.94. The highest BCUT2D eigenvalue weighted by Crippen LogP contribution is 2.25. The van der Waals surface area contributed by atoms with Crippen LogP contribution in [0.5, 0.6) is 0 Å². The largest absolute Gasteiger partial charge is 0.359 e. The lowest BCUT2D eigenvalue weighted by Crippen LogP contribution is -2.32. The van der Waals surface area contributed by atoms with Gasteiger partial charge in [0.1, 0.15) is 6.79 Å². The molecular weight excluding hydrogens is 303 g/mol. The fourth-order valence-corrected chi connectivity index (χ4v) is 4.03. The van der Waals surface area contributed by atoms with E-state index in [4.69, 9.17) is 9.47 Å². The summed E-state index contributed by atoms with van der Waals surface area (Å²) in [7, 11) is -2.56. The second kappa shape index (κ2) is 7.97. The maximum absolute atomic E-state index is 14.3. The number of rotatable bonds is 8. The van der Waals surface area contributed by atoms with Gasteiger partial charge in [-0.3, -0.25) is 0 Å². The van der Waals surface area contributed by atoms with E-state index in [0.717, 1.165) is 17.3 Å². The van der Waals surface area contributed by atoms with Gasteiger partial charge in [0.15, 0.2) is 0 Å². The lowest BCUT2D eigenvalue weighted by molar-refractivity contribution is -0.0316. The molecule has 0 N–H and O–H groups in total. The highest BCUT2D eigenvalue weighted by Gasteiger charge is 2.34. The first kappa shape index (κ1) is 17.4. The fraction of sp³-hybridized carbons (Fsp3) is 0.538. The maximum Gasteiger partial charge on any atom is 0.219 e. The Balaban J connectivity index is 2.86. The van der Waals surface area contributed by atoms with Crippen molar-refractivity contribution in [2.24, 2.45) is 0 Å². The van der Waals surface area contributed by atoms with Crippen molar-refractivity contribution in [3.8, 4) is 0 Å². The Hall–Kier alpha value is -0.630. The van der Waals surface area contributed by atoms with Gasteiger partial charge in [-0.2, -0.15) is 11.8 Å². The van der Waals surface area contributed by atoms with Gasteiger partial charge in [-0.05, 0) is 25.3 Å². The van der Waals surface area contributed by atoms with Crippen molar-refractivity contribution in [2.75, 3.05) is 26.8 Å². The molecule has 0 amide bonds.